The van der Waals surface area contributed by atoms with Crippen molar-refractivity contribution in [3.63, 3.8) is 0 Å². The summed E-state index contributed by atoms with van der Waals surface area (Å²) in [4.78, 5) is 29.7. The maximum atomic E-state index is 14.5. The van der Waals surface area contributed by atoms with E-state index in [9.17, 15) is 18.0 Å². The molecule has 0 bridgehead atoms. The monoisotopic (exact) mass is 665 g/mol. The number of carbonyl (C=O) groups excluding carboxylic acids is 2. The normalized spacial score (nSPS) is 11.9. The summed E-state index contributed by atoms with van der Waals surface area (Å²) in [7, 11) is -4.24. The van der Waals surface area contributed by atoms with Crippen LogP contribution in [0.25, 0.3) is 0 Å². The van der Waals surface area contributed by atoms with Gasteiger partial charge in [-0.3, -0.25) is 13.9 Å². The van der Waals surface area contributed by atoms with Gasteiger partial charge in [0.2, 0.25) is 11.8 Å². The number of sulfonamides is 1. The summed E-state index contributed by atoms with van der Waals surface area (Å²) in [6.45, 7) is 3.87. The van der Waals surface area contributed by atoms with E-state index in [0.29, 0.717) is 6.54 Å². The first-order chi connectivity index (χ1) is 21.6. The molecule has 1 N–H and O–H groups in total. The number of hydrogen-bond acceptors (Lipinski definition) is 4. The molecule has 0 aliphatic carbocycles. The van der Waals surface area contributed by atoms with Crippen molar-refractivity contribution in [3.8, 4) is 0 Å². The zero-order valence-electron chi connectivity index (χ0n) is 25.3. The molecule has 0 aromatic heterocycles. The number of hydrogen-bond donors (Lipinski definition) is 1. The van der Waals surface area contributed by atoms with Crippen molar-refractivity contribution in [1.29, 1.82) is 0 Å². The summed E-state index contributed by atoms with van der Waals surface area (Å²) >= 11 is 12.5. The third-order valence-corrected chi connectivity index (χ3v) is 9.90. The van der Waals surface area contributed by atoms with Crippen molar-refractivity contribution in [2.75, 3.05) is 17.4 Å². The van der Waals surface area contributed by atoms with Crippen molar-refractivity contribution in [3.05, 3.63) is 130 Å². The molecule has 0 unspecified atom stereocenters. The summed E-state index contributed by atoms with van der Waals surface area (Å²) in [6.07, 6.45) is 1.93. The Bertz CT molecular complexity index is 1690. The maximum Gasteiger partial charge on any atom is 0.264 e. The number of benzene rings is 4. The Balaban J connectivity index is 1.79. The van der Waals surface area contributed by atoms with Gasteiger partial charge in [0.15, 0.2) is 0 Å². The van der Waals surface area contributed by atoms with Crippen molar-refractivity contribution < 1.29 is 18.0 Å². The van der Waals surface area contributed by atoms with E-state index in [1.807, 2.05) is 74.5 Å². The molecule has 236 valence electrons. The lowest BCUT2D eigenvalue weighted by atomic mass is 10.0. The van der Waals surface area contributed by atoms with Gasteiger partial charge < -0.3 is 10.2 Å². The quantitative estimate of drug-likeness (QED) is 0.146. The molecule has 0 fully saturated rings. The third kappa shape index (κ3) is 9.10. The van der Waals surface area contributed by atoms with E-state index in [-0.39, 0.29) is 39.5 Å². The minimum absolute atomic E-state index is 0.0136. The van der Waals surface area contributed by atoms with Gasteiger partial charge in [0, 0.05) is 19.5 Å². The molecule has 0 heterocycles. The van der Waals surface area contributed by atoms with Crippen LogP contribution in [0.2, 0.25) is 10.0 Å². The smallest absolute Gasteiger partial charge is 0.264 e. The summed E-state index contributed by atoms with van der Waals surface area (Å²) in [5.41, 5.74) is 2.73. The molecule has 7 nitrogen and oxygen atoms in total. The molecule has 1 atom stereocenters. The van der Waals surface area contributed by atoms with Crippen LogP contribution in [-0.2, 0) is 32.6 Å². The molecule has 0 radical (unpaired) electrons. The van der Waals surface area contributed by atoms with E-state index in [2.05, 4.69) is 5.32 Å². The van der Waals surface area contributed by atoms with Crippen molar-refractivity contribution >= 4 is 50.7 Å². The third-order valence-electron chi connectivity index (χ3n) is 7.38. The van der Waals surface area contributed by atoms with Gasteiger partial charge in [-0.2, -0.15) is 0 Å². The van der Waals surface area contributed by atoms with Gasteiger partial charge in [-0.25, -0.2) is 8.42 Å². The number of carbonyl (C=O) groups is 2. The van der Waals surface area contributed by atoms with Crippen LogP contribution in [0.4, 0.5) is 5.69 Å². The number of nitrogens with one attached hydrogen (secondary N) is 1. The minimum Gasteiger partial charge on any atom is -0.354 e. The highest BCUT2D eigenvalue weighted by atomic mass is 35.5. The zero-order chi connectivity index (χ0) is 32.4. The van der Waals surface area contributed by atoms with Crippen molar-refractivity contribution in [2.45, 2.75) is 50.6 Å². The van der Waals surface area contributed by atoms with Crippen LogP contribution < -0.4 is 9.62 Å². The Labute approximate surface area is 275 Å². The second-order valence-corrected chi connectivity index (χ2v) is 13.5. The Morgan fingerprint density at radius 2 is 1.44 bits per heavy atom. The Morgan fingerprint density at radius 3 is 2.04 bits per heavy atom. The molecule has 0 spiro atoms. The number of unbranched alkanes of at least 4 members (excludes halogenated alkanes) is 1. The maximum absolute atomic E-state index is 14.5. The first-order valence-electron chi connectivity index (χ1n) is 14.8. The van der Waals surface area contributed by atoms with E-state index in [1.54, 1.807) is 12.1 Å². The number of rotatable bonds is 14. The fourth-order valence-electron chi connectivity index (χ4n) is 4.85. The van der Waals surface area contributed by atoms with Gasteiger partial charge in [-0.1, -0.05) is 115 Å². The Hall–Kier alpha value is -3.85. The second kappa shape index (κ2) is 15.9. The van der Waals surface area contributed by atoms with Gasteiger partial charge in [0.1, 0.15) is 12.6 Å². The van der Waals surface area contributed by atoms with Crippen LogP contribution >= 0.6 is 23.2 Å². The topological polar surface area (TPSA) is 86.8 Å². The molecule has 0 aliphatic heterocycles. The molecule has 0 saturated heterocycles. The predicted octanol–water partition coefficient (Wildman–Crippen LogP) is 7.05. The summed E-state index contributed by atoms with van der Waals surface area (Å²) in [5, 5.41) is 3.38. The summed E-state index contributed by atoms with van der Waals surface area (Å²) < 4.78 is 29.3. The minimum atomic E-state index is -4.24. The number of anilines is 1. The molecule has 4 rings (SSSR count). The van der Waals surface area contributed by atoms with Gasteiger partial charge in [-0.05, 0) is 54.8 Å². The van der Waals surface area contributed by atoms with Crippen LogP contribution in [0, 0.1) is 6.92 Å². The number of nitrogens with zero attached hydrogens (tertiary/aromatic N) is 2. The van der Waals surface area contributed by atoms with Crippen LogP contribution in [0.5, 0.6) is 0 Å². The fourth-order valence-corrected chi connectivity index (χ4v) is 6.54. The fraction of sp³-hybridized carbons (Fsp3) is 0.257. The van der Waals surface area contributed by atoms with Crippen LogP contribution in [-0.4, -0.2) is 44.3 Å². The van der Waals surface area contributed by atoms with Gasteiger partial charge in [0.05, 0.1) is 20.6 Å². The average molecular weight is 667 g/mol. The van der Waals surface area contributed by atoms with E-state index < -0.39 is 28.5 Å². The number of amides is 2. The van der Waals surface area contributed by atoms with Crippen molar-refractivity contribution in [2.24, 2.45) is 0 Å². The molecule has 4 aromatic rings. The zero-order valence-corrected chi connectivity index (χ0v) is 27.7. The Kier molecular flexibility index (Phi) is 12.0. The predicted molar refractivity (Wildman–Crippen MR) is 181 cm³/mol. The van der Waals surface area contributed by atoms with E-state index >= 15 is 0 Å². The lowest BCUT2D eigenvalue weighted by Gasteiger charge is -2.34. The molecule has 0 aliphatic rings. The van der Waals surface area contributed by atoms with Crippen LogP contribution in [0.15, 0.2) is 108 Å². The molecular weight excluding hydrogens is 629 g/mol. The average Bonchev–Trinajstić information content (AvgIpc) is 3.04. The number of halogens is 2. The molecule has 2 amide bonds. The van der Waals surface area contributed by atoms with Gasteiger partial charge >= 0.3 is 0 Å². The number of aryl methyl sites for hydroxylation is 1. The first-order valence-corrected chi connectivity index (χ1v) is 17.0. The van der Waals surface area contributed by atoms with Crippen LogP contribution in [0.1, 0.15) is 36.5 Å². The lowest BCUT2D eigenvalue weighted by Crippen LogP contribution is -2.53. The lowest BCUT2D eigenvalue weighted by molar-refractivity contribution is -0.140. The van der Waals surface area contributed by atoms with Gasteiger partial charge in [-0.15, -0.1) is 0 Å². The van der Waals surface area contributed by atoms with E-state index in [4.69, 9.17) is 23.2 Å². The highest BCUT2D eigenvalue weighted by molar-refractivity contribution is 7.92. The first kappa shape index (κ1) is 34.0. The Morgan fingerprint density at radius 1 is 0.822 bits per heavy atom. The summed E-state index contributed by atoms with van der Waals surface area (Å²) in [6, 6.07) is 28.7. The molecular formula is C35H37Cl2N3O4S. The standard InChI is InChI=1S/C35H37Cl2N3O4S/c1-3-4-21-38-35(42)33(22-27-11-7-5-8-12-27)39(24-28-13-9-6-10-14-28)34(41)25-40(29-17-20-31(36)32(37)23-29)45(43,44)30-18-15-26(2)16-19-30/h5-20,23,33H,3-4,21-22,24-25H2,1-2H3,(H,38,42)/t33-/m1/s1. The van der Waals surface area contributed by atoms with Gasteiger partial charge in [0.25, 0.3) is 10.0 Å². The van der Waals surface area contributed by atoms with E-state index in [0.717, 1.165) is 33.8 Å². The SMILES string of the molecule is CCCCNC(=O)[C@@H](Cc1ccccc1)N(Cc1ccccc1)C(=O)CN(c1ccc(Cl)c(Cl)c1)S(=O)(=O)c1ccc(C)cc1. The van der Waals surface area contributed by atoms with Crippen LogP contribution in [0.3, 0.4) is 0 Å². The highest BCUT2D eigenvalue weighted by Crippen LogP contribution is 2.31. The second-order valence-electron chi connectivity index (χ2n) is 10.8. The highest BCUT2D eigenvalue weighted by Gasteiger charge is 2.34. The molecule has 45 heavy (non-hydrogen) atoms. The summed E-state index contributed by atoms with van der Waals surface area (Å²) in [5.74, 6) is -0.855. The van der Waals surface area contributed by atoms with E-state index in [1.165, 1.54) is 35.2 Å². The molecule has 4 aromatic carbocycles. The van der Waals surface area contributed by atoms with Crippen molar-refractivity contribution in [1.82, 2.24) is 10.2 Å². The molecule has 0 saturated carbocycles. The largest absolute Gasteiger partial charge is 0.354 e. The molecule has 10 heteroatoms.